The summed E-state index contributed by atoms with van der Waals surface area (Å²) >= 11 is 6.05. The molecule has 13 heavy (non-hydrogen) atoms. The molecule has 1 aromatic carbocycles. The Labute approximate surface area is 83.3 Å². The van der Waals surface area contributed by atoms with E-state index in [4.69, 9.17) is 11.6 Å². The maximum Gasteiger partial charge on any atom is 0.0546 e. The molecular formula is C11H13ClO. The number of hydrogen-bond donors (Lipinski definition) is 1. The molecular weight excluding hydrogens is 184 g/mol. The van der Waals surface area contributed by atoms with Gasteiger partial charge in [-0.3, -0.25) is 0 Å². The molecule has 1 aromatic rings. The van der Waals surface area contributed by atoms with Gasteiger partial charge in [-0.25, -0.2) is 0 Å². The molecule has 1 N–H and O–H groups in total. The van der Waals surface area contributed by atoms with E-state index in [9.17, 15) is 5.11 Å². The van der Waals surface area contributed by atoms with E-state index >= 15 is 0 Å². The third-order valence-corrected chi connectivity index (χ3v) is 3.11. The zero-order valence-corrected chi connectivity index (χ0v) is 8.33. The Hall–Kier alpha value is -0.530. The second-order valence-corrected chi connectivity index (χ2v) is 4.18. The van der Waals surface area contributed by atoms with Crippen LogP contribution in [0.4, 0.5) is 0 Å². The lowest BCUT2D eigenvalue weighted by Gasteiger charge is -2.04. The van der Waals surface area contributed by atoms with Gasteiger partial charge in [-0.15, -0.1) is 0 Å². The van der Waals surface area contributed by atoms with Crippen LogP contribution in [0.2, 0.25) is 5.02 Å². The van der Waals surface area contributed by atoms with Crippen LogP contribution in [0.3, 0.4) is 0 Å². The van der Waals surface area contributed by atoms with Crippen molar-refractivity contribution in [2.24, 2.45) is 5.92 Å². The molecule has 1 nitrogen and oxygen atoms in total. The zero-order chi connectivity index (χ0) is 9.42. The third-order valence-electron chi connectivity index (χ3n) is 2.76. The molecule has 1 fully saturated rings. The molecule has 0 aliphatic heterocycles. The lowest BCUT2D eigenvalue weighted by atomic mass is 10.1. The van der Waals surface area contributed by atoms with E-state index in [1.807, 2.05) is 25.1 Å². The average molecular weight is 197 g/mol. The zero-order valence-electron chi connectivity index (χ0n) is 7.57. The summed E-state index contributed by atoms with van der Waals surface area (Å²) < 4.78 is 0. The van der Waals surface area contributed by atoms with E-state index < -0.39 is 0 Å². The van der Waals surface area contributed by atoms with Gasteiger partial charge in [-0.05, 0) is 36.8 Å². The van der Waals surface area contributed by atoms with Gasteiger partial charge in [0.2, 0.25) is 0 Å². The largest absolute Gasteiger partial charge is 0.393 e. The fourth-order valence-corrected chi connectivity index (χ4v) is 2.16. The maximum absolute atomic E-state index is 9.37. The highest BCUT2D eigenvalue weighted by atomic mass is 35.5. The van der Waals surface area contributed by atoms with Gasteiger partial charge in [0.25, 0.3) is 0 Å². The van der Waals surface area contributed by atoms with Gasteiger partial charge in [0, 0.05) is 5.02 Å². The molecule has 0 saturated heterocycles. The molecule has 0 bridgehead atoms. The Kier molecular flexibility index (Phi) is 2.31. The van der Waals surface area contributed by atoms with E-state index in [2.05, 4.69) is 6.07 Å². The van der Waals surface area contributed by atoms with Crippen LogP contribution in [-0.2, 0) is 0 Å². The van der Waals surface area contributed by atoms with Crippen molar-refractivity contribution in [1.29, 1.82) is 0 Å². The van der Waals surface area contributed by atoms with Crippen LogP contribution in [0.25, 0.3) is 0 Å². The van der Waals surface area contributed by atoms with Gasteiger partial charge in [-0.2, -0.15) is 0 Å². The second-order valence-electron chi connectivity index (χ2n) is 3.77. The number of aliphatic hydroxyl groups is 1. The minimum atomic E-state index is -0.207. The number of aliphatic hydroxyl groups excluding tert-OH is 1. The SMILES string of the molecule is C[C@@H](O)[C@H]1C[C@@H]1c1ccccc1Cl. The third kappa shape index (κ3) is 1.72. The predicted octanol–water partition coefficient (Wildman–Crippen LogP) is 2.82. The molecule has 0 spiro atoms. The molecule has 0 radical (unpaired) electrons. The van der Waals surface area contributed by atoms with Crippen molar-refractivity contribution in [2.45, 2.75) is 25.4 Å². The van der Waals surface area contributed by atoms with Gasteiger partial charge in [0.15, 0.2) is 0 Å². The Balaban J connectivity index is 2.16. The van der Waals surface area contributed by atoms with Crippen LogP contribution >= 0.6 is 11.6 Å². The number of hydrogen-bond acceptors (Lipinski definition) is 1. The summed E-state index contributed by atoms with van der Waals surface area (Å²) in [4.78, 5) is 0. The first-order chi connectivity index (χ1) is 6.20. The molecule has 1 aliphatic rings. The van der Waals surface area contributed by atoms with Crippen molar-refractivity contribution in [3.05, 3.63) is 34.9 Å². The average Bonchev–Trinajstić information content (AvgIpc) is 2.84. The normalized spacial score (nSPS) is 28.5. The molecule has 2 heteroatoms. The number of halogens is 1. The maximum atomic E-state index is 9.37. The molecule has 1 saturated carbocycles. The highest BCUT2D eigenvalue weighted by Crippen LogP contribution is 2.51. The first-order valence-electron chi connectivity index (χ1n) is 4.62. The number of rotatable bonds is 2. The summed E-state index contributed by atoms with van der Waals surface area (Å²) in [6.07, 6.45) is 0.864. The fourth-order valence-electron chi connectivity index (χ4n) is 1.88. The fraction of sp³-hybridized carbons (Fsp3) is 0.455. The van der Waals surface area contributed by atoms with Gasteiger partial charge < -0.3 is 5.11 Å². The predicted molar refractivity (Wildman–Crippen MR) is 54.0 cm³/mol. The number of benzene rings is 1. The summed E-state index contributed by atoms with van der Waals surface area (Å²) in [6, 6.07) is 7.90. The van der Waals surface area contributed by atoms with E-state index in [0.717, 1.165) is 11.4 Å². The Bertz CT molecular complexity index is 309. The summed E-state index contributed by atoms with van der Waals surface area (Å²) in [5, 5.41) is 10.2. The molecule has 0 heterocycles. The summed E-state index contributed by atoms with van der Waals surface area (Å²) in [5.41, 5.74) is 1.19. The van der Waals surface area contributed by atoms with Crippen LogP contribution < -0.4 is 0 Å². The van der Waals surface area contributed by atoms with E-state index in [1.165, 1.54) is 5.56 Å². The quantitative estimate of drug-likeness (QED) is 0.772. The smallest absolute Gasteiger partial charge is 0.0546 e. The lowest BCUT2D eigenvalue weighted by Crippen LogP contribution is -2.03. The molecule has 2 rings (SSSR count). The van der Waals surface area contributed by atoms with Gasteiger partial charge >= 0.3 is 0 Å². The van der Waals surface area contributed by atoms with Crippen molar-refractivity contribution >= 4 is 11.6 Å². The van der Waals surface area contributed by atoms with Crippen LogP contribution in [0, 0.1) is 5.92 Å². The van der Waals surface area contributed by atoms with E-state index in [1.54, 1.807) is 0 Å². The Morgan fingerprint density at radius 2 is 2.15 bits per heavy atom. The van der Waals surface area contributed by atoms with Crippen LogP contribution in [0.15, 0.2) is 24.3 Å². The lowest BCUT2D eigenvalue weighted by molar-refractivity contribution is 0.169. The van der Waals surface area contributed by atoms with Crippen molar-refractivity contribution in [3.63, 3.8) is 0 Å². The topological polar surface area (TPSA) is 20.2 Å². The first kappa shape index (κ1) is 9.04. The van der Waals surface area contributed by atoms with Crippen molar-refractivity contribution in [1.82, 2.24) is 0 Å². The molecule has 70 valence electrons. The van der Waals surface area contributed by atoms with Crippen molar-refractivity contribution in [3.8, 4) is 0 Å². The standard InChI is InChI=1S/C11H13ClO/c1-7(13)9-6-10(9)8-4-2-3-5-11(8)12/h2-5,7,9-10,13H,6H2,1H3/t7-,9-,10-/m1/s1. The highest BCUT2D eigenvalue weighted by molar-refractivity contribution is 6.31. The molecule has 0 unspecified atom stereocenters. The van der Waals surface area contributed by atoms with Crippen LogP contribution in [0.5, 0.6) is 0 Å². The highest BCUT2D eigenvalue weighted by Gasteiger charge is 2.42. The van der Waals surface area contributed by atoms with Gasteiger partial charge in [-0.1, -0.05) is 29.8 Å². The molecule has 0 amide bonds. The van der Waals surface area contributed by atoms with E-state index in [-0.39, 0.29) is 6.10 Å². The minimum Gasteiger partial charge on any atom is -0.393 e. The van der Waals surface area contributed by atoms with Crippen molar-refractivity contribution < 1.29 is 5.11 Å². The first-order valence-corrected chi connectivity index (χ1v) is 5.00. The van der Waals surface area contributed by atoms with Gasteiger partial charge in [0.05, 0.1) is 6.10 Å². The Morgan fingerprint density at radius 3 is 2.69 bits per heavy atom. The molecule has 0 aromatic heterocycles. The second kappa shape index (κ2) is 3.32. The summed E-state index contributed by atoms with van der Waals surface area (Å²) in [7, 11) is 0. The van der Waals surface area contributed by atoms with Crippen LogP contribution in [-0.4, -0.2) is 11.2 Å². The molecule has 1 aliphatic carbocycles. The summed E-state index contributed by atoms with van der Waals surface area (Å²) in [6.45, 7) is 1.85. The van der Waals surface area contributed by atoms with Gasteiger partial charge in [0.1, 0.15) is 0 Å². The summed E-state index contributed by atoms with van der Waals surface area (Å²) in [5.74, 6) is 0.897. The monoisotopic (exact) mass is 196 g/mol. The Morgan fingerprint density at radius 1 is 1.46 bits per heavy atom. The molecule has 3 atom stereocenters. The van der Waals surface area contributed by atoms with Crippen LogP contribution in [0.1, 0.15) is 24.8 Å². The van der Waals surface area contributed by atoms with E-state index in [0.29, 0.717) is 11.8 Å². The van der Waals surface area contributed by atoms with Crippen molar-refractivity contribution in [2.75, 3.05) is 0 Å². The minimum absolute atomic E-state index is 0.207.